The average molecular weight is 419 g/mol. The number of anilines is 2. The molecule has 5 nitrogen and oxygen atoms in total. The van der Waals surface area contributed by atoms with Gasteiger partial charge in [0.25, 0.3) is 0 Å². The molecule has 0 saturated carbocycles. The number of hydrogen-bond acceptors (Lipinski definition) is 4. The van der Waals surface area contributed by atoms with Gasteiger partial charge in [-0.25, -0.2) is 4.79 Å². The summed E-state index contributed by atoms with van der Waals surface area (Å²) in [4.78, 5) is 14.8. The highest BCUT2D eigenvalue weighted by Crippen LogP contribution is 2.47. The van der Waals surface area contributed by atoms with Gasteiger partial charge < -0.3 is 15.2 Å². The first kappa shape index (κ1) is 21.0. The number of carbonyl (C=O) groups is 1. The third-order valence-electron chi connectivity index (χ3n) is 5.59. The number of fused-ring (bicyclic) bond motifs is 3. The van der Waals surface area contributed by atoms with Crippen molar-refractivity contribution in [1.29, 1.82) is 0 Å². The van der Waals surface area contributed by atoms with E-state index in [-0.39, 0.29) is 12.0 Å². The molecule has 0 unspecified atom stereocenters. The van der Waals surface area contributed by atoms with Gasteiger partial charge >= 0.3 is 6.09 Å². The summed E-state index contributed by atoms with van der Waals surface area (Å²) in [6, 6.07) is 17.9. The molecule has 2 N–H and O–H groups in total. The molecule has 3 aromatic carbocycles. The van der Waals surface area contributed by atoms with E-state index < -0.39 is 5.60 Å². The van der Waals surface area contributed by atoms with Gasteiger partial charge in [0.15, 0.2) is 0 Å². The van der Waals surface area contributed by atoms with Gasteiger partial charge in [-0.05, 0) is 61.9 Å². The molecule has 0 aromatic heterocycles. The molecule has 0 saturated heterocycles. The van der Waals surface area contributed by atoms with Crippen LogP contribution in [-0.2, 0) is 11.3 Å². The second-order valence-electron chi connectivity index (χ2n) is 9.08. The number of nitrogen functional groups attached to an aromatic ring is 1. The number of nitrogens with zero attached hydrogens (tertiary/aromatic N) is 1. The fourth-order valence-electron chi connectivity index (χ4n) is 4.16. The van der Waals surface area contributed by atoms with Crippen molar-refractivity contribution in [2.45, 2.75) is 52.2 Å². The molecule has 0 radical (unpaired) electrons. The molecule has 1 aliphatic rings. The van der Waals surface area contributed by atoms with E-state index in [2.05, 4.69) is 6.92 Å². The molecule has 1 atom stereocenters. The van der Waals surface area contributed by atoms with Crippen LogP contribution in [0, 0.1) is 0 Å². The van der Waals surface area contributed by atoms with E-state index in [1.54, 1.807) is 4.90 Å². The van der Waals surface area contributed by atoms with Gasteiger partial charge in [0.1, 0.15) is 18.0 Å². The number of carbonyl (C=O) groups excluding carboxylic acids is 1. The first-order valence-electron chi connectivity index (χ1n) is 10.8. The number of hydrogen-bond donors (Lipinski definition) is 1. The van der Waals surface area contributed by atoms with Gasteiger partial charge in [-0.3, -0.25) is 4.90 Å². The fourth-order valence-corrected chi connectivity index (χ4v) is 4.16. The van der Waals surface area contributed by atoms with Crippen molar-refractivity contribution < 1.29 is 14.3 Å². The summed E-state index contributed by atoms with van der Waals surface area (Å²) in [6.45, 7) is 8.83. The van der Waals surface area contributed by atoms with Crippen LogP contribution in [0.15, 0.2) is 54.6 Å². The van der Waals surface area contributed by atoms with Crippen molar-refractivity contribution in [3.8, 4) is 5.75 Å². The Morgan fingerprint density at radius 3 is 2.52 bits per heavy atom. The monoisotopic (exact) mass is 418 g/mol. The minimum atomic E-state index is -0.560. The molecular weight excluding hydrogens is 388 g/mol. The SMILES string of the molecule is CC[C@H]1CN(C(=O)OC(C)(C)C)c2cc(OCc3ccccc3)c3ccc(N)cc3c21. The third kappa shape index (κ3) is 4.31. The lowest BCUT2D eigenvalue weighted by atomic mass is 9.92. The molecule has 0 spiro atoms. The topological polar surface area (TPSA) is 64.8 Å². The Balaban J connectivity index is 1.81. The van der Waals surface area contributed by atoms with Crippen LogP contribution in [0.1, 0.15) is 51.2 Å². The van der Waals surface area contributed by atoms with Crippen LogP contribution in [0.5, 0.6) is 5.75 Å². The lowest BCUT2D eigenvalue weighted by Crippen LogP contribution is -2.36. The number of rotatable bonds is 4. The summed E-state index contributed by atoms with van der Waals surface area (Å²) in [5.41, 5.74) is 9.36. The molecule has 0 aliphatic carbocycles. The normalized spacial score (nSPS) is 15.7. The molecule has 162 valence electrons. The lowest BCUT2D eigenvalue weighted by Gasteiger charge is -2.25. The van der Waals surface area contributed by atoms with Gasteiger partial charge in [-0.15, -0.1) is 0 Å². The Hall–Kier alpha value is -3.21. The van der Waals surface area contributed by atoms with Crippen LogP contribution in [0.2, 0.25) is 0 Å². The van der Waals surface area contributed by atoms with E-state index in [1.165, 1.54) is 0 Å². The van der Waals surface area contributed by atoms with E-state index in [9.17, 15) is 4.79 Å². The van der Waals surface area contributed by atoms with Crippen LogP contribution in [0.25, 0.3) is 10.8 Å². The van der Waals surface area contributed by atoms with Gasteiger partial charge in [0, 0.05) is 29.6 Å². The summed E-state index contributed by atoms with van der Waals surface area (Å²) < 4.78 is 11.9. The minimum absolute atomic E-state index is 0.218. The molecule has 1 heterocycles. The maximum atomic E-state index is 13.0. The standard InChI is InChI=1S/C26H30N2O3/c1-5-18-15-28(25(29)31-26(2,3)4)22-14-23(30-16-17-9-7-6-8-10-17)20-12-11-19(27)13-21(20)24(18)22/h6-14,18H,5,15-16,27H2,1-4H3/t18-/m0/s1. The molecule has 4 rings (SSSR count). The number of amides is 1. The summed E-state index contributed by atoms with van der Waals surface area (Å²) >= 11 is 0. The second-order valence-corrected chi connectivity index (χ2v) is 9.08. The number of benzene rings is 3. The fraction of sp³-hybridized carbons (Fsp3) is 0.346. The Morgan fingerprint density at radius 1 is 1.10 bits per heavy atom. The zero-order valence-electron chi connectivity index (χ0n) is 18.6. The van der Waals surface area contributed by atoms with Crippen LogP contribution in [-0.4, -0.2) is 18.2 Å². The van der Waals surface area contributed by atoms with Crippen molar-refractivity contribution >= 4 is 28.2 Å². The summed E-state index contributed by atoms with van der Waals surface area (Å²) in [6.07, 6.45) is 0.586. The first-order chi connectivity index (χ1) is 14.8. The molecular formula is C26H30N2O3. The molecule has 1 amide bonds. The van der Waals surface area contributed by atoms with E-state index in [0.717, 1.165) is 39.8 Å². The zero-order chi connectivity index (χ0) is 22.2. The quantitative estimate of drug-likeness (QED) is 0.509. The molecule has 0 bridgehead atoms. The molecule has 3 aromatic rings. The van der Waals surface area contributed by atoms with Crippen molar-refractivity contribution in [2.24, 2.45) is 0 Å². The predicted molar refractivity (Wildman–Crippen MR) is 126 cm³/mol. The molecule has 31 heavy (non-hydrogen) atoms. The maximum Gasteiger partial charge on any atom is 0.414 e. The van der Waals surface area contributed by atoms with Crippen molar-refractivity contribution in [3.63, 3.8) is 0 Å². The Labute approximate surface area is 183 Å². The highest BCUT2D eigenvalue weighted by molar-refractivity contribution is 6.02. The van der Waals surface area contributed by atoms with Crippen LogP contribution in [0.3, 0.4) is 0 Å². The van der Waals surface area contributed by atoms with E-state index in [4.69, 9.17) is 15.2 Å². The lowest BCUT2D eigenvalue weighted by molar-refractivity contribution is 0.0582. The highest BCUT2D eigenvalue weighted by atomic mass is 16.6. The molecule has 1 aliphatic heterocycles. The number of nitrogens with two attached hydrogens (primary N) is 1. The van der Waals surface area contributed by atoms with Crippen LogP contribution < -0.4 is 15.4 Å². The van der Waals surface area contributed by atoms with E-state index in [0.29, 0.717) is 18.8 Å². The number of ether oxygens (including phenoxy) is 2. The van der Waals surface area contributed by atoms with Crippen molar-refractivity contribution in [3.05, 3.63) is 65.7 Å². The Bertz CT molecular complexity index is 1100. The van der Waals surface area contributed by atoms with Gasteiger partial charge in [0.05, 0.1) is 5.69 Å². The summed E-state index contributed by atoms with van der Waals surface area (Å²) in [5, 5.41) is 2.05. The van der Waals surface area contributed by atoms with Crippen molar-refractivity contribution in [1.82, 2.24) is 0 Å². The summed E-state index contributed by atoms with van der Waals surface area (Å²) in [5.74, 6) is 0.956. The maximum absolute atomic E-state index is 13.0. The van der Waals surface area contributed by atoms with Crippen molar-refractivity contribution in [2.75, 3.05) is 17.2 Å². The Kier molecular flexibility index (Phi) is 5.52. The van der Waals surface area contributed by atoms with Crippen LogP contribution in [0.4, 0.5) is 16.2 Å². The third-order valence-corrected chi connectivity index (χ3v) is 5.59. The largest absolute Gasteiger partial charge is 0.488 e. The first-order valence-corrected chi connectivity index (χ1v) is 10.8. The highest BCUT2D eigenvalue weighted by Gasteiger charge is 2.36. The van der Waals surface area contributed by atoms with E-state index in [1.807, 2.05) is 75.4 Å². The van der Waals surface area contributed by atoms with Gasteiger partial charge in [-0.2, -0.15) is 0 Å². The molecule has 0 fully saturated rings. The smallest absolute Gasteiger partial charge is 0.414 e. The average Bonchev–Trinajstić information content (AvgIpc) is 3.10. The van der Waals surface area contributed by atoms with Crippen LogP contribution >= 0.6 is 0 Å². The Morgan fingerprint density at radius 2 is 1.84 bits per heavy atom. The predicted octanol–water partition coefficient (Wildman–Crippen LogP) is 6.25. The minimum Gasteiger partial charge on any atom is -0.488 e. The van der Waals surface area contributed by atoms with Gasteiger partial charge in [0.2, 0.25) is 0 Å². The van der Waals surface area contributed by atoms with Gasteiger partial charge in [-0.1, -0.05) is 37.3 Å². The second kappa shape index (κ2) is 8.14. The van der Waals surface area contributed by atoms with E-state index >= 15 is 0 Å². The summed E-state index contributed by atoms with van der Waals surface area (Å²) in [7, 11) is 0. The molecule has 5 heteroatoms. The zero-order valence-corrected chi connectivity index (χ0v) is 18.6.